The van der Waals surface area contributed by atoms with Crippen molar-refractivity contribution in [3.8, 4) is 17.2 Å². The van der Waals surface area contributed by atoms with Crippen molar-refractivity contribution in [3.63, 3.8) is 0 Å². The zero-order valence-electron chi connectivity index (χ0n) is 40.3. The smallest absolute Gasteiger partial charge is 0.397 e. The molecule has 0 saturated carbocycles. The van der Waals surface area contributed by atoms with Gasteiger partial charge < -0.3 is 37.9 Å². The highest BCUT2D eigenvalue weighted by molar-refractivity contribution is 7.80. The van der Waals surface area contributed by atoms with Crippen LogP contribution >= 0.6 is 8.58 Å². The molecule has 0 amide bonds. The Morgan fingerprint density at radius 1 is 0.681 bits per heavy atom. The Morgan fingerprint density at radius 3 is 1.75 bits per heavy atom. The van der Waals surface area contributed by atoms with Crippen LogP contribution in [0.2, 0.25) is 0 Å². The first kappa shape index (κ1) is 52.4. The van der Waals surface area contributed by atoms with Crippen LogP contribution in [0.3, 0.4) is 0 Å². The Morgan fingerprint density at radius 2 is 1.20 bits per heavy atom. The largest absolute Gasteiger partial charge is 0.497 e. The first-order valence-corrected chi connectivity index (χ1v) is 26.4. The molecule has 2 heterocycles. The van der Waals surface area contributed by atoms with Gasteiger partial charge in [-0.05, 0) is 95.1 Å². The van der Waals surface area contributed by atoms with Crippen LogP contribution in [0.1, 0.15) is 60.6 Å². The topological polar surface area (TPSA) is 141 Å². The number of ether oxygens (including phenoxy) is 8. The lowest BCUT2D eigenvalue weighted by Crippen LogP contribution is -2.55. The van der Waals surface area contributed by atoms with Gasteiger partial charge in [0.05, 0.1) is 72.4 Å². The second-order valence-corrected chi connectivity index (χ2v) is 20.1. The molecule has 2 unspecified atom stereocenters. The average molecular weight is 986 g/mol. The number of hydrogen-bond donors (Lipinski definition) is 1. The predicted molar refractivity (Wildman–Crippen MR) is 267 cm³/mol. The van der Waals surface area contributed by atoms with Crippen LogP contribution in [0, 0.1) is 11.8 Å². The Kier molecular flexibility index (Phi) is 19.8. The molecule has 0 radical (unpaired) electrons. The highest BCUT2D eigenvalue weighted by Crippen LogP contribution is 2.39. The van der Waals surface area contributed by atoms with Crippen molar-refractivity contribution in [2.24, 2.45) is 11.8 Å². The van der Waals surface area contributed by atoms with Gasteiger partial charge in [-0.2, -0.15) is 8.42 Å². The fraction of sp³-hybridized carbons (Fsp3) is 0.444. The number of likely N-dealkylation sites (tertiary alicyclic amines) is 1. The SMILES string of the molecule is COc1ccc(CO[C@@H]([C@H](OS(=O)(=O)O)[C@H](C)CN2C[C@@H](OCc3ccc(OC)cc3)[C@H](C)[C@H]2CPCOCc2ccccc2)[C@@H]2OC(c3ccccc3)CC[C@@H]2OCc2ccc(OC)cc2)cc1. The molecule has 0 aliphatic carbocycles. The average Bonchev–Trinajstić information content (AvgIpc) is 3.67. The summed E-state index contributed by atoms with van der Waals surface area (Å²) in [5.74, 6) is 1.80. The molecule has 10 atom stereocenters. The van der Waals surface area contributed by atoms with Gasteiger partial charge in [0.15, 0.2) is 0 Å². The van der Waals surface area contributed by atoms with E-state index in [0.29, 0.717) is 59.8 Å². The van der Waals surface area contributed by atoms with E-state index in [2.05, 4.69) is 24.0 Å². The first-order chi connectivity index (χ1) is 33.5. The molecule has 5 aromatic carbocycles. The molecule has 2 fully saturated rings. The second kappa shape index (κ2) is 26.1. The van der Waals surface area contributed by atoms with Gasteiger partial charge in [-0.1, -0.05) is 119 Å². The maximum atomic E-state index is 13.1. The molecule has 7 rings (SSSR count). The van der Waals surface area contributed by atoms with Gasteiger partial charge in [-0.15, -0.1) is 0 Å². The quantitative estimate of drug-likeness (QED) is 0.0320. The van der Waals surface area contributed by atoms with Crippen molar-refractivity contribution in [1.82, 2.24) is 4.90 Å². The van der Waals surface area contributed by atoms with Gasteiger partial charge >= 0.3 is 10.4 Å². The lowest BCUT2D eigenvalue weighted by Gasteiger charge is -2.44. The third-order valence-corrected chi connectivity index (χ3v) is 14.7. The second-order valence-electron chi connectivity index (χ2n) is 17.9. The molecular formula is C54H68NO12PS. The molecule has 0 spiro atoms. The Bertz CT molecular complexity index is 2360. The normalized spacial score (nSPS) is 22.3. The molecule has 2 saturated heterocycles. The summed E-state index contributed by atoms with van der Waals surface area (Å²) in [6, 6.07) is 43.2. The Labute approximate surface area is 410 Å². The first-order valence-electron chi connectivity index (χ1n) is 23.7. The summed E-state index contributed by atoms with van der Waals surface area (Å²) in [7, 11) is 0.370. The van der Waals surface area contributed by atoms with Crippen molar-refractivity contribution in [2.45, 2.75) is 95.8 Å². The predicted octanol–water partition coefficient (Wildman–Crippen LogP) is 9.69. The van der Waals surface area contributed by atoms with Crippen molar-refractivity contribution in [3.05, 3.63) is 161 Å². The van der Waals surface area contributed by atoms with Crippen molar-refractivity contribution < 1.29 is 55.0 Å². The van der Waals surface area contributed by atoms with Gasteiger partial charge in [0.2, 0.25) is 0 Å². The lowest BCUT2D eigenvalue weighted by molar-refractivity contribution is -0.216. The molecule has 13 nitrogen and oxygen atoms in total. The zero-order chi connectivity index (χ0) is 48.6. The molecule has 5 aromatic rings. The molecule has 1 N–H and O–H groups in total. The number of hydrogen-bond acceptors (Lipinski definition) is 12. The van der Waals surface area contributed by atoms with Crippen molar-refractivity contribution >= 4 is 19.0 Å². The summed E-state index contributed by atoms with van der Waals surface area (Å²) in [5.41, 5.74) is 4.89. The Hall–Kier alpha value is -4.44. The van der Waals surface area contributed by atoms with E-state index >= 15 is 0 Å². The maximum Gasteiger partial charge on any atom is 0.397 e. The number of rotatable bonds is 26. The van der Waals surface area contributed by atoms with E-state index in [-0.39, 0.29) is 37.4 Å². The zero-order valence-corrected chi connectivity index (χ0v) is 42.1. The van der Waals surface area contributed by atoms with E-state index in [1.54, 1.807) is 21.3 Å². The molecule has 15 heteroatoms. The summed E-state index contributed by atoms with van der Waals surface area (Å²) < 4.78 is 92.4. The van der Waals surface area contributed by atoms with Crippen LogP contribution in [-0.2, 0) is 64.7 Å². The maximum absolute atomic E-state index is 13.1. The standard InChI is InChI=1S/C54H68NO12PS/c1-38(30-55-31-51(64-34-42-18-24-46(60-4)25-19-42)39(2)48(55)36-68-37-62-32-40-12-8-6-9-13-40)52(67-69(56,57)58)54(65-35-43-20-26-47(61-5)27-21-43)53-50(63-33-41-16-22-45(59-3)23-17-41)29-28-49(66-53)44-14-10-7-11-15-44/h6-27,38-39,48-54,68H,28-37H2,1-5H3,(H,56,57,58)/t38-,39-,48-,49?,50+,51-,52-,53-,54+/m1/s1. The summed E-state index contributed by atoms with van der Waals surface area (Å²) >= 11 is 0. The minimum Gasteiger partial charge on any atom is -0.497 e. The van der Waals surface area contributed by atoms with Crippen LogP contribution in [-0.4, -0.2) is 101 Å². The number of nitrogens with zero attached hydrogens (tertiary/aromatic N) is 1. The van der Waals surface area contributed by atoms with E-state index in [1.807, 2.05) is 128 Å². The number of benzene rings is 5. The van der Waals surface area contributed by atoms with Gasteiger partial charge in [-0.25, -0.2) is 4.18 Å². The van der Waals surface area contributed by atoms with Gasteiger partial charge in [0.1, 0.15) is 35.6 Å². The van der Waals surface area contributed by atoms with Gasteiger partial charge in [0.25, 0.3) is 0 Å². The minimum atomic E-state index is -5.02. The van der Waals surface area contributed by atoms with Gasteiger partial charge in [0, 0.05) is 19.1 Å². The molecule has 69 heavy (non-hydrogen) atoms. The van der Waals surface area contributed by atoms with Gasteiger partial charge in [-0.3, -0.25) is 9.45 Å². The van der Waals surface area contributed by atoms with Crippen LogP contribution in [0.25, 0.3) is 0 Å². The lowest BCUT2D eigenvalue weighted by atomic mass is 9.88. The third-order valence-electron chi connectivity index (χ3n) is 13.1. The minimum absolute atomic E-state index is 0.0750. The molecular weight excluding hydrogens is 918 g/mol. The fourth-order valence-corrected chi connectivity index (χ4v) is 11.2. The van der Waals surface area contributed by atoms with E-state index in [9.17, 15) is 13.0 Å². The molecule has 2 aliphatic heterocycles. The van der Waals surface area contributed by atoms with Crippen molar-refractivity contribution in [1.29, 1.82) is 0 Å². The summed E-state index contributed by atoms with van der Waals surface area (Å²) in [4.78, 5) is 2.38. The van der Waals surface area contributed by atoms with Crippen LogP contribution in [0.4, 0.5) is 0 Å². The van der Waals surface area contributed by atoms with E-state index in [0.717, 1.165) is 45.5 Å². The fourth-order valence-electron chi connectivity index (χ4n) is 9.30. The molecule has 0 aromatic heterocycles. The third kappa shape index (κ3) is 15.5. The monoisotopic (exact) mass is 985 g/mol. The van der Waals surface area contributed by atoms with Crippen LogP contribution in [0.5, 0.6) is 17.2 Å². The summed E-state index contributed by atoms with van der Waals surface area (Å²) in [5, 5.41) is 0. The summed E-state index contributed by atoms with van der Waals surface area (Å²) in [6.45, 7) is 6.48. The van der Waals surface area contributed by atoms with E-state index in [4.69, 9.17) is 42.1 Å². The number of methoxy groups -OCH3 is 3. The highest BCUT2D eigenvalue weighted by Gasteiger charge is 2.47. The highest BCUT2D eigenvalue weighted by atomic mass is 32.3. The van der Waals surface area contributed by atoms with Crippen LogP contribution in [0.15, 0.2) is 133 Å². The van der Waals surface area contributed by atoms with Crippen molar-refractivity contribution in [2.75, 3.05) is 46.9 Å². The molecule has 0 bridgehead atoms. The molecule has 2 aliphatic rings. The van der Waals surface area contributed by atoms with Crippen LogP contribution < -0.4 is 14.2 Å². The van der Waals surface area contributed by atoms with E-state index < -0.39 is 40.7 Å². The molecule has 372 valence electrons. The van der Waals surface area contributed by atoms with E-state index in [1.165, 1.54) is 0 Å². The summed E-state index contributed by atoms with van der Waals surface area (Å²) in [6.07, 6.45) is -1.39. The Balaban J connectivity index is 1.18.